The maximum atomic E-state index is 11.8. The summed E-state index contributed by atoms with van der Waals surface area (Å²) in [5, 5.41) is 0. The summed E-state index contributed by atoms with van der Waals surface area (Å²) in [5.41, 5.74) is 0.611. The zero-order chi connectivity index (χ0) is 10.8. The fourth-order valence-electron chi connectivity index (χ4n) is 2.03. The van der Waals surface area contributed by atoms with Gasteiger partial charge in [-0.05, 0) is 19.8 Å². The number of aromatic nitrogens is 2. The summed E-state index contributed by atoms with van der Waals surface area (Å²) in [6.07, 6.45) is 6.01. The minimum atomic E-state index is -0.0234. The number of aryl methyl sites for hydroxylation is 1. The maximum Gasteiger partial charge on any atom is 0.256 e. The molecule has 1 atom stereocenters. The van der Waals surface area contributed by atoms with Crippen molar-refractivity contribution in [3.8, 4) is 0 Å². The van der Waals surface area contributed by atoms with Crippen LogP contribution in [-0.2, 0) is 4.79 Å². The van der Waals surface area contributed by atoms with Crippen LogP contribution in [0, 0.1) is 6.92 Å². The third-order valence-electron chi connectivity index (χ3n) is 2.88. The first kappa shape index (κ1) is 10.1. The van der Waals surface area contributed by atoms with E-state index in [1.807, 2.05) is 0 Å². The first-order chi connectivity index (χ1) is 7.18. The van der Waals surface area contributed by atoms with Crippen molar-refractivity contribution in [2.45, 2.75) is 38.6 Å². The van der Waals surface area contributed by atoms with Crippen molar-refractivity contribution < 1.29 is 4.79 Å². The number of Topliss-reactive ketones (excluding diaryl/α,β-unsaturated/α-hetero) is 1. The van der Waals surface area contributed by atoms with E-state index in [4.69, 9.17) is 0 Å². The van der Waals surface area contributed by atoms with Crippen molar-refractivity contribution in [3.63, 3.8) is 0 Å². The highest BCUT2D eigenvalue weighted by molar-refractivity contribution is 5.79. The van der Waals surface area contributed by atoms with Gasteiger partial charge in [0.15, 0.2) is 0 Å². The summed E-state index contributed by atoms with van der Waals surface area (Å²) in [7, 11) is 0. The Morgan fingerprint density at radius 1 is 1.47 bits per heavy atom. The molecular weight excluding hydrogens is 192 g/mol. The van der Waals surface area contributed by atoms with Crippen LogP contribution >= 0.6 is 0 Å². The Labute approximate surface area is 88.0 Å². The maximum absolute atomic E-state index is 11.8. The van der Waals surface area contributed by atoms with E-state index in [0.29, 0.717) is 18.4 Å². The molecule has 0 saturated heterocycles. The molecule has 0 radical (unpaired) electrons. The second kappa shape index (κ2) is 3.96. The number of nitrogens with zero attached hydrogens (tertiary/aromatic N) is 2. The second-order valence-electron chi connectivity index (χ2n) is 4.08. The molecule has 0 aromatic carbocycles. The summed E-state index contributed by atoms with van der Waals surface area (Å²) in [5.74, 6) is 0.250. The summed E-state index contributed by atoms with van der Waals surface area (Å²) >= 11 is 0. The van der Waals surface area contributed by atoms with Crippen molar-refractivity contribution in [3.05, 3.63) is 28.4 Å². The lowest BCUT2D eigenvalue weighted by atomic mass is 9.94. The molecule has 4 nitrogen and oxygen atoms in total. The molecular formula is C11H14N2O2. The van der Waals surface area contributed by atoms with Crippen LogP contribution in [0.4, 0.5) is 0 Å². The second-order valence-corrected chi connectivity index (χ2v) is 4.08. The van der Waals surface area contributed by atoms with Gasteiger partial charge in [-0.25, -0.2) is 4.98 Å². The lowest BCUT2D eigenvalue weighted by Crippen LogP contribution is -2.29. The highest BCUT2D eigenvalue weighted by Gasteiger charge is 2.21. The van der Waals surface area contributed by atoms with Crippen LogP contribution in [0.1, 0.15) is 37.3 Å². The monoisotopic (exact) mass is 206 g/mol. The van der Waals surface area contributed by atoms with E-state index >= 15 is 0 Å². The van der Waals surface area contributed by atoms with Gasteiger partial charge in [-0.2, -0.15) is 0 Å². The van der Waals surface area contributed by atoms with Gasteiger partial charge in [0.2, 0.25) is 0 Å². The standard InChI is InChI=1S/C11H14N2O2/c1-8-6-12-7-13(11(8)15)9-3-2-4-10(14)5-9/h6-7,9H,2-5H2,1H3. The fraction of sp³-hybridized carbons (Fsp3) is 0.545. The van der Waals surface area contributed by atoms with Crippen LogP contribution in [-0.4, -0.2) is 15.3 Å². The van der Waals surface area contributed by atoms with Crippen LogP contribution in [0.15, 0.2) is 17.3 Å². The average molecular weight is 206 g/mol. The molecule has 1 fully saturated rings. The highest BCUT2D eigenvalue weighted by Crippen LogP contribution is 2.24. The van der Waals surface area contributed by atoms with Gasteiger partial charge in [-0.1, -0.05) is 0 Å². The zero-order valence-electron chi connectivity index (χ0n) is 8.77. The van der Waals surface area contributed by atoms with E-state index in [-0.39, 0.29) is 17.4 Å². The van der Waals surface area contributed by atoms with E-state index in [1.54, 1.807) is 24.0 Å². The molecule has 1 aliphatic rings. The third-order valence-corrected chi connectivity index (χ3v) is 2.88. The Morgan fingerprint density at radius 2 is 2.27 bits per heavy atom. The van der Waals surface area contributed by atoms with Gasteiger partial charge in [-0.3, -0.25) is 14.2 Å². The lowest BCUT2D eigenvalue weighted by Gasteiger charge is -2.22. The van der Waals surface area contributed by atoms with Crippen LogP contribution < -0.4 is 5.56 Å². The fourth-order valence-corrected chi connectivity index (χ4v) is 2.03. The Balaban J connectivity index is 2.33. The van der Waals surface area contributed by atoms with Gasteiger partial charge >= 0.3 is 0 Å². The first-order valence-electron chi connectivity index (χ1n) is 5.23. The molecule has 2 rings (SSSR count). The zero-order valence-corrected chi connectivity index (χ0v) is 8.77. The molecule has 1 aromatic rings. The van der Waals surface area contributed by atoms with Crippen LogP contribution in [0.25, 0.3) is 0 Å². The molecule has 4 heteroatoms. The summed E-state index contributed by atoms with van der Waals surface area (Å²) in [4.78, 5) is 27.1. The van der Waals surface area contributed by atoms with E-state index in [1.165, 1.54) is 0 Å². The number of ketones is 1. The molecule has 0 spiro atoms. The predicted octanol–water partition coefficient (Wildman–Crippen LogP) is 1.24. The SMILES string of the molecule is Cc1cncn(C2CCCC(=O)C2)c1=O. The van der Waals surface area contributed by atoms with Gasteiger partial charge < -0.3 is 0 Å². The van der Waals surface area contributed by atoms with Gasteiger partial charge in [-0.15, -0.1) is 0 Å². The summed E-state index contributed by atoms with van der Waals surface area (Å²) in [6, 6.07) is 0.0196. The van der Waals surface area contributed by atoms with Gasteiger partial charge in [0.25, 0.3) is 5.56 Å². The number of carbonyl (C=O) groups excluding carboxylic acids is 1. The van der Waals surface area contributed by atoms with Crippen molar-refractivity contribution in [1.29, 1.82) is 0 Å². The minimum absolute atomic E-state index is 0.0196. The Hall–Kier alpha value is -1.45. The van der Waals surface area contributed by atoms with Crippen LogP contribution in [0.3, 0.4) is 0 Å². The van der Waals surface area contributed by atoms with E-state index in [2.05, 4.69) is 4.98 Å². The summed E-state index contributed by atoms with van der Waals surface area (Å²) < 4.78 is 1.60. The van der Waals surface area contributed by atoms with Gasteiger partial charge in [0, 0.05) is 30.6 Å². The number of rotatable bonds is 1. The van der Waals surface area contributed by atoms with Crippen LogP contribution in [0.2, 0.25) is 0 Å². The Bertz CT molecular complexity index is 436. The van der Waals surface area contributed by atoms with E-state index in [9.17, 15) is 9.59 Å². The van der Waals surface area contributed by atoms with Gasteiger partial charge in [0.05, 0.1) is 6.33 Å². The van der Waals surface area contributed by atoms with Crippen molar-refractivity contribution in [2.24, 2.45) is 0 Å². The molecule has 1 heterocycles. The largest absolute Gasteiger partial charge is 0.300 e. The normalized spacial score (nSPS) is 21.7. The molecule has 15 heavy (non-hydrogen) atoms. The van der Waals surface area contributed by atoms with Gasteiger partial charge in [0.1, 0.15) is 5.78 Å². The quantitative estimate of drug-likeness (QED) is 0.694. The highest BCUT2D eigenvalue weighted by atomic mass is 16.1. The topological polar surface area (TPSA) is 52.0 Å². The lowest BCUT2D eigenvalue weighted by molar-refractivity contribution is -0.121. The third kappa shape index (κ3) is 1.98. The van der Waals surface area contributed by atoms with Crippen molar-refractivity contribution in [2.75, 3.05) is 0 Å². The molecule has 0 amide bonds. The van der Waals surface area contributed by atoms with E-state index in [0.717, 1.165) is 12.8 Å². The number of carbonyl (C=O) groups is 1. The number of hydrogen-bond donors (Lipinski definition) is 0. The first-order valence-corrected chi connectivity index (χ1v) is 5.23. The molecule has 1 saturated carbocycles. The Kier molecular flexibility index (Phi) is 2.66. The van der Waals surface area contributed by atoms with Crippen molar-refractivity contribution >= 4 is 5.78 Å². The van der Waals surface area contributed by atoms with Crippen LogP contribution in [0.5, 0.6) is 0 Å². The molecule has 1 aliphatic carbocycles. The summed E-state index contributed by atoms with van der Waals surface area (Å²) in [6.45, 7) is 1.75. The molecule has 80 valence electrons. The molecule has 1 aromatic heterocycles. The molecule has 0 bridgehead atoms. The molecule has 0 N–H and O–H groups in total. The smallest absolute Gasteiger partial charge is 0.256 e. The number of hydrogen-bond acceptors (Lipinski definition) is 3. The van der Waals surface area contributed by atoms with E-state index < -0.39 is 0 Å². The Morgan fingerprint density at radius 3 is 3.00 bits per heavy atom. The molecule has 1 unspecified atom stereocenters. The minimum Gasteiger partial charge on any atom is -0.300 e. The van der Waals surface area contributed by atoms with Crippen molar-refractivity contribution in [1.82, 2.24) is 9.55 Å². The predicted molar refractivity (Wildman–Crippen MR) is 55.7 cm³/mol. The molecule has 0 aliphatic heterocycles. The average Bonchev–Trinajstić information content (AvgIpc) is 2.22.